The number of rotatable bonds is 7. The summed E-state index contributed by atoms with van der Waals surface area (Å²) in [5, 5.41) is 12.3. The normalized spacial score (nSPS) is 20.8. The number of likely N-dealkylation sites (tertiary alicyclic amines) is 1. The van der Waals surface area contributed by atoms with Gasteiger partial charge in [-0.25, -0.2) is 4.79 Å². The van der Waals surface area contributed by atoms with E-state index in [4.69, 9.17) is 4.74 Å². The van der Waals surface area contributed by atoms with Gasteiger partial charge in [0.25, 0.3) is 0 Å². The number of carbonyl (C=O) groups excluding carboxylic acids is 2. The number of amides is 2. The number of hydrogen-bond acceptors (Lipinski definition) is 4. The van der Waals surface area contributed by atoms with Crippen molar-refractivity contribution < 1.29 is 24.2 Å². The summed E-state index contributed by atoms with van der Waals surface area (Å²) >= 11 is 0. The highest BCUT2D eigenvalue weighted by molar-refractivity contribution is 5.83. The fraction of sp³-hybridized carbons (Fsp3) is 0.464. The lowest BCUT2D eigenvalue weighted by atomic mass is 9.87. The van der Waals surface area contributed by atoms with E-state index >= 15 is 0 Å². The van der Waals surface area contributed by atoms with E-state index in [2.05, 4.69) is 29.6 Å². The number of benzene rings is 2. The van der Waals surface area contributed by atoms with Crippen LogP contribution in [0.2, 0.25) is 0 Å². The summed E-state index contributed by atoms with van der Waals surface area (Å²) in [6.07, 6.45) is -0.114. The molecule has 2 aromatic carbocycles. The second-order valence-corrected chi connectivity index (χ2v) is 10.0. The third-order valence-electron chi connectivity index (χ3n) is 7.59. The van der Waals surface area contributed by atoms with Crippen molar-refractivity contribution in [2.24, 2.45) is 17.8 Å². The monoisotopic (exact) mass is 478 g/mol. The van der Waals surface area contributed by atoms with Crippen molar-refractivity contribution in [3.05, 3.63) is 59.7 Å². The third-order valence-corrected chi connectivity index (χ3v) is 7.59. The molecule has 186 valence electrons. The van der Waals surface area contributed by atoms with Crippen molar-refractivity contribution in [2.75, 3.05) is 13.2 Å². The smallest absolute Gasteiger partial charge is 0.407 e. The summed E-state index contributed by atoms with van der Waals surface area (Å²) in [4.78, 5) is 39.3. The van der Waals surface area contributed by atoms with Gasteiger partial charge in [-0.15, -0.1) is 0 Å². The van der Waals surface area contributed by atoms with Crippen LogP contribution in [0.3, 0.4) is 0 Å². The van der Waals surface area contributed by atoms with Crippen molar-refractivity contribution in [1.82, 2.24) is 10.2 Å². The molecule has 2 aromatic rings. The van der Waals surface area contributed by atoms with E-state index in [-0.39, 0.29) is 30.4 Å². The maximum absolute atomic E-state index is 13.4. The number of fused-ring (bicyclic) bond motifs is 3. The average molecular weight is 479 g/mol. The van der Waals surface area contributed by atoms with Crippen LogP contribution in [-0.4, -0.2) is 53.2 Å². The molecule has 2 amide bonds. The highest BCUT2D eigenvalue weighted by Gasteiger charge is 2.42. The fourth-order valence-electron chi connectivity index (χ4n) is 5.76. The van der Waals surface area contributed by atoms with Crippen molar-refractivity contribution in [1.29, 1.82) is 0 Å². The second kappa shape index (κ2) is 10.1. The minimum absolute atomic E-state index is 0.0376. The molecule has 7 heteroatoms. The summed E-state index contributed by atoms with van der Waals surface area (Å²) in [6, 6.07) is 15.5. The molecule has 2 aliphatic rings. The molecule has 1 aliphatic carbocycles. The minimum Gasteiger partial charge on any atom is -0.481 e. The van der Waals surface area contributed by atoms with Crippen LogP contribution in [0.25, 0.3) is 11.1 Å². The Balaban J connectivity index is 1.40. The van der Waals surface area contributed by atoms with Gasteiger partial charge in [0, 0.05) is 24.5 Å². The zero-order valence-corrected chi connectivity index (χ0v) is 20.7. The number of hydrogen-bond donors (Lipinski definition) is 2. The SMILES string of the molecule is CC(C)C(C(=O)N1CCC(C(=O)O)C1C)C(C)NC(=O)OCC1c2ccccc2-c2ccccc21. The standard InChI is InChI=1S/C28H34N2O5/c1-16(2)25(26(31)30-14-13-19(18(30)4)27(32)33)17(3)29-28(34)35-15-24-22-11-7-5-9-20(22)21-10-6-8-12-23(21)24/h5-12,16-19,24-25H,13-15H2,1-4H3,(H,29,34)(H,32,33). The van der Waals surface area contributed by atoms with Gasteiger partial charge in [0.2, 0.25) is 5.91 Å². The fourth-order valence-corrected chi connectivity index (χ4v) is 5.76. The Hall–Kier alpha value is -3.35. The van der Waals surface area contributed by atoms with Gasteiger partial charge in [0.05, 0.1) is 11.8 Å². The summed E-state index contributed by atoms with van der Waals surface area (Å²) in [7, 11) is 0. The van der Waals surface area contributed by atoms with E-state index in [0.29, 0.717) is 13.0 Å². The van der Waals surface area contributed by atoms with Crippen LogP contribution in [0, 0.1) is 17.8 Å². The molecule has 2 N–H and O–H groups in total. The van der Waals surface area contributed by atoms with E-state index in [0.717, 1.165) is 22.3 Å². The van der Waals surface area contributed by atoms with E-state index in [1.807, 2.05) is 38.1 Å². The Kier molecular flexibility index (Phi) is 7.15. The number of alkyl carbamates (subject to hydrolysis) is 1. The lowest BCUT2D eigenvalue weighted by Crippen LogP contribution is -2.50. The number of nitrogens with one attached hydrogen (secondary N) is 1. The molecule has 7 nitrogen and oxygen atoms in total. The van der Waals surface area contributed by atoms with Crippen molar-refractivity contribution in [2.45, 2.75) is 52.1 Å². The first kappa shape index (κ1) is 24.8. The lowest BCUT2D eigenvalue weighted by Gasteiger charge is -2.33. The predicted octanol–water partition coefficient (Wildman–Crippen LogP) is 4.51. The van der Waals surface area contributed by atoms with E-state index in [9.17, 15) is 19.5 Å². The largest absolute Gasteiger partial charge is 0.481 e. The van der Waals surface area contributed by atoms with Gasteiger partial charge < -0.3 is 20.1 Å². The number of carboxylic acid groups (broad SMARTS) is 1. The third kappa shape index (κ3) is 4.77. The molecule has 0 saturated carbocycles. The summed E-state index contributed by atoms with van der Waals surface area (Å²) in [5.74, 6) is -2.11. The zero-order chi connectivity index (χ0) is 25.3. The van der Waals surface area contributed by atoms with Crippen molar-refractivity contribution >= 4 is 18.0 Å². The first-order valence-corrected chi connectivity index (χ1v) is 12.4. The topological polar surface area (TPSA) is 95.9 Å². The number of carbonyl (C=O) groups is 3. The van der Waals surface area contributed by atoms with Crippen molar-refractivity contribution in [3.63, 3.8) is 0 Å². The van der Waals surface area contributed by atoms with Crippen LogP contribution in [0.1, 0.15) is 51.2 Å². The Morgan fingerprint density at radius 2 is 1.60 bits per heavy atom. The first-order chi connectivity index (χ1) is 16.7. The highest BCUT2D eigenvalue weighted by Crippen LogP contribution is 2.44. The number of aliphatic carboxylic acids is 1. The molecule has 35 heavy (non-hydrogen) atoms. The van der Waals surface area contributed by atoms with E-state index in [1.54, 1.807) is 18.7 Å². The van der Waals surface area contributed by atoms with Crippen molar-refractivity contribution in [3.8, 4) is 11.1 Å². The molecule has 4 rings (SSSR count). The van der Waals surface area contributed by atoms with Gasteiger partial charge in [-0.3, -0.25) is 9.59 Å². The average Bonchev–Trinajstić information content (AvgIpc) is 3.35. The maximum Gasteiger partial charge on any atom is 0.407 e. The molecule has 0 spiro atoms. The molecule has 4 unspecified atom stereocenters. The van der Waals surface area contributed by atoms with Gasteiger partial charge >= 0.3 is 12.1 Å². The van der Waals surface area contributed by atoms with E-state index < -0.39 is 29.9 Å². The number of ether oxygens (including phenoxy) is 1. The second-order valence-electron chi connectivity index (χ2n) is 10.0. The van der Waals surface area contributed by atoms with E-state index in [1.165, 1.54) is 0 Å². The van der Waals surface area contributed by atoms with Gasteiger partial charge in [0.1, 0.15) is 6.61 Å². The number of nitrogens with zero attached hydrogens (tertiary/aromatic N) is 1. The lowest BCUT2D eigenvalue weighted by molar-refractivity contribution is -0.144. The summed E-state index contributed by atoms with van der Waals surface area (Å²) in [6.45, 7) is 8.08. The molecule has 0 radical (unpaired) electrons. The molecule has 1 saturated heterocycles. The molecular formula is C28H34N2O5. The van der Waals surface area contributed by atoms with Gasteiger partial charge in [0.15, 0.2) is 0 Å². The molecule has 1 heterocycles. The molecule has 4 atom stereocenters. The van der Waals surface area contributed by atoms with Crippen LogP contribution >= 0.6 is 0 Å². The first-order valence-electron chi connectivity index (χ1n) is 12.4. The zero-order valence-electron chi connectivity index (χ0n) is 20.7. The Bertz CT molecular complexity index is 1070. The minimum atomic E-state index is -0.876. The van der Waals surface area contributed by atoms with Gasteiger partial charge in [-0.1, -0.05) is 62.4 Å². The Morgan fingerprint density at radius 3 is 2.11 bits per heavy atom. The Morgan fingerprint density at radius 1 is 1.03 bits per heavy atom. The van der Waals surface area contributed by atoms with Crippen LogP contribution in [0.4, 0.5) is 4.79 Å². The van der Waals surface area contributed by atoms with Crippen LogP contribution in [-0.2, 0) is 14.3 Å². The van der Waals surface area contributed by atoms with Gasteiger partial charge in [-0.05, 0) is 48.4 Å². The highest BCUT2D eigenvalue weighted by atomic mass is 16.5. The molecule has 1 aliphatic heterocycles. The number of carboxylic acids is 1. The predicted molar refractivity (Wildman–Crippen MR) is 133 cm³/mol. The summed E-state index contributed by atoms with van der Waals surface area (Å²) in [5.41, 5.74) is 4.60. The van der Waals surface area contributed by atoms with Crippen LogP contribution in [0.15, 0.2) is 48.5 Å². The molecule has 0 aromatic heterocycles. The van der Waals surface area contributed by atoms with Crippen LogP contribution in [0.5, 0.6) is 0 Å². The van der Waals surface area contributed by atoms with Crippen LogP contribution < -0.4 is 5.32 Å². The molecule has 0 bridgehead atoms. The molecular weight excluding hydrogens is 444 g/mol. The summed E-state index contributed by atoms with van der Waals surface area (Å²) < 4.78 is 5.66. The quantitative estimate of drug-likeness (QED) is 0.611. The van der Waals surface area contributed by atoms with Gasteiger partial charge in [-0.2, -0.15) is 0 Å². The molecule has 1 fully saturated rings. The Labute approximate surface area is 206 Å². The maximum atomic E-state index is 13.4.